The first kappa shape index (κ1) is 28.6. The van der Waals surface area contributed by atoms with Crippen LogP contribution in [0.3, 0.4) is 0 Å². The Bertz CT molecular complexity index is 616. The minimum absolute atomic E-state index is 0.136. The lowest BCUT2D eigenvalue weighted by atomic mass is 10.2. The third-order valence-corrected chi connectivity index (χ3v) is 3.96. The first-order chi connectivity index (χ1) is 15.0. The summed E-state index contributed by atoms with van der Waals surface area (Å²) >= 11 is 0. The highest BCUT2D eigenvalue weighted by Gasteiger charge is 2.14. The SMILES string of the molecule is CC/C=C\C/C=C\CC(O)/C=C/C=C\C/C=C\CCCC(=O)O[C@@H](CO)COC(C)=O. The summed E-state index contributed by atoms with van der Waals surface area (Å²) in [5.41, 5.74) is 0. The average Bonchev–Trinajstić information content (AvgIpc) is 2.74. The van der Waals surface area contributed by atoms with E-state index in [9.17, 15) is 14.7 Å². The van der Waals surface area contributed by atoms with Crippen LogP contribution < -0.4 is 0 Å². The standard InChI is InChI=1S/C25H38O6/c1-3-4-5-6-11-14-17-23(28)18-15-12-9-7-8-10-13-16-19-25(29)31-24(20-26)21-30-22(2)27/h4-5,8-12,14-15,18,23-24,26,28H,3,6-7,13,16-17,19-21H2,1-2H3/b5-4-,10-8-,12-9-,14-11-,18-15+/t23?,24-/m0/s1. The Morgan fingerprint density at radius 1 is 0.968 bits per heavy atom. The maximum absolute atomic E-state index is 11.7. The van der Waals surface area contributed by atoms with Crippen LogP contribution in [-0.4, -0.2) is 47.6 Å². The van der Waals surface area contributed by atoms with Crippen molar-refractivity contribution in [3.63, 3.8) is 0 Å². The predicted octanol–water partition coefficient (Wildman–Crippen LogP) is 4.35. The van der Waals surface area contributed by atoms with Gasteiger partial charge in [0.25, 0.3) is 0 Å². The number of carbonyl (C=O) groups is 2. The Morgan fingerprint density at radius 3 is 2.39 bits per heavy atom. The van der Waals surface area contributed by atoms with Crippen LogP contribution in [0.1, 0.15) is 58.8 Å². The molecule has 0 spiro atoms. The molecule has 31 heavy (non-hydrogen) atoms. The third kappa shape index (κ3) is 20.6. The molecule has 0 fully saturated rings. The Morgan fingerprint density at radius 2 is 1.68 bits per heavy atom. The van der Waals surface area contributed by atoms with Gasteiger partial charge in [0, 0.05) is 13.3 Å². The number of unbranched alkanes of at least 4 members (excludes halogenated alkanes) is 1. The van der Waals surface area contributed by atoms with E-state index >= 15 is 0 Å². The summed E-state index contributed by atoms with van der Waals surface area (Å²) in [4.78, 5) is 22.4. The second-order valence-corrected chi connectivity index (χ2v) is 6.90. The summed E-state index contributed by atoms with van der Waals surface area (Å²) in [6, 6.07) is 0. The molecular formula is C25H38O6. The molecule has 0 rings (SSSR count). The van der Waals surface area contributed by atoms with Crippen LogP contribution in [0.2, 0.25) is 0 Å². The average molecular weight is 435 g/mol. The molecule has 0 aromatic rings. The van der Waals surface area contributed by atoms with Crippen LogP contribution in [0.15, 0.2) is 60.8 Å². The zero-order chi connectivity index (χ0) is 23.2. The predicted molar refractivity (Wildman–Crippen MR) is 123 cm³/mol. The fraction of sp³-hybridized carbons (Fsp3) is 0.520. The molecule has 0 saturated heterocycles. The molecule has 6 heteroatoms. The first-order valence-corrected chi connectivity index (χ1v) is 10.9. The van der Waals surface area contributed by atoms with Gasteiger partial charge >= 0.3 is 11.9 Å². The molecule has 0 amide bonds. The van der Waals surface area contributed by atoms with Gasteiger partial charge < -0.3 is 19.7 Å². The van der Waals surface area contributed by atoms with Crippen molar-refractivity contribution in [1.82, 2.24) is 0 Å². The topological polar surface area (TPSA) is 93.1 Å². The molecule has 0 aliphatic heterocycles. The van der Waals surface area contributed by atoms with E-state index < -0.39 is 24.1 Å². The maximum Gasteiger partial charge on any atom is 0.306 e. The Kier molecular flexibility index (Phi) is 19.2. The second kappa shape index (κ2) is 20.8. The highest BCUT2D eigenvalue weighted by Crippen LogP contribution is 2.03. The molecule has 2 atom stereocenters. The monoisotopic (exact) mass is 434 g/mol. The molecule has 174 valence electrons. The van der Waals surface area contributed by atoms with E-state index in [-0.39, 0.29) is 19.6 Å². The van der Waals surface area contributed by atoms with Crippen LogP contribution in [-0.2, 0) is 19.1 Å². The highest BCUT2D eigenvalue weighted by molar-refractivity contribution is 5.69. The van der Waals surface area contributed by atoms with Gasteiger partial charge in [-0.2, -0.15) is 0 Å². The smallest absolute Gasteiger partial charge is 0.306 e. The summed E-state index contributed by atoms with van der Waals surface area (Å²) in [5.74, 6) is -0.904. The Balaban J connectivity index is 3.84. The summed E-state index contributed by atoms with van der Waals surface area (Å²) in [7, 11) is 0. The van der Waals surface area contributed by atoms with Crippen LogP contribution in [0.4, 0.5) is 0 Å². The molecule has 6 nitrogen and oxygen atoms in total. The van der Waals surface area contributed by atoms with Gasteiger partial charge in [0.2, 0.25) is 0 Å². The van der Waals surface area contributed by atoms with Crippen molar-refractivity contribution < 1.29 is 29.3 Å². The van der Waals surface area contributed by atoms with Gasteiger partial charge in [0.1, 0.15) is 6.61 Å². The zero-order valence-electron chi connectivity index (χ0n) is 18.8. The third-order valence-electron chi connectivity index (χ3n) is 3.96. The highest BCUT2D eigenvalue weighted by atomic mass is 16.6. The van der Waals surface area contributed by atoms with Crippen molar-refractivity contribution in [2.75, 3.05) is 13.2 Å². The molecule has 0 bridgehead atoms. The number of rotatable bonds is 17. The van der Waals surface area contributed by atoms with Crippen LogP contribution >= 0.6 is 0 Å². The van der Waals surface area contributed by atoms with E-state index in [1.807, 2.05) is 36.5 Å². The van der Waals surface area contributed by atoms with Crippen molar-refractivity contribution in [2.24, 2.45) is 0 Å². The molecular weight excluding hydrogens is 396 g/mol. The van der Waals surface area contributed by atoms with E-state index in [0.717, 1.165) is 25.7 Å². The molecule has 0 saturated carbocycles. The van der Waals surface area contributed by atoms with Crippen molar-refractivity contribution >= 4 is 11.9 Å². The molecule has 0 radical (unpaired) electrons. The summed E-state index contributed by atoms with van der Waals surface area (Å²) in [6.07, 6.45) is 23.4. The van der Waals surface area contributed by atoms with Crippen molar-refractivity contribution in [1.29, 1.82) is 0 Å². The van der Waals surface area contributed by atoms with Crippen LogP contribution in [0.5, 0.6) is 0 Å². The van der Waals surface area contributed by atoms with Gasteiger partial charge in [-0.05, 0) is 38.5 Å². The molecule has 0 heterocycles. The van der Waals surface area contributed by atoms with Gasteiger partial charge in [-0.25, -0.2) is 0 Å². The van der Waals surface area contributed by atoms with Gasteiger partial charge in [-0.15, -0.1) is 0 Å². The summed E-state index contributed by atoms with van der Waals surface area (Å²) in [5, 5.41) is 19.0. The van der Waals surface area contributed by atoms with Crippen molar-refractivity contribution in [3.05, 3.63) is 60.8 Å². The fourth-order valence-corrected chi connectivity index (χ4v) is 2.34. The number of aliphatic hydroxyl groups excluding tert-OH is 2. The van der Waals surface area contributed by atoms with E-state index in [4.69, 9.17) is 14.6 Å². The number of esters is 2. The quantitative estimate of drug-likeness (QED) is 0.153. The number of hydrogen-bond donors (Lipinski definition) is 2. The zero-order valence-corrected chi connectivity index (χ0v) is 18.8. The fourth-order valence-electron chi connectivity index (χ4n) is 2.34. The van der Waals surface area contributed by atoms with Crippen LogP contribution in [0.25, 0.3) is 0 Å². The van der Waals surface area contributed by atoms with Crippen molar-refractivity contribution in [3.8, 4) is 0 Å². The van der Waals surface area contributed by atoms with Gasteiger partial charge in [-0.3, -0.25) is 9.59 Å². The lowest BCUT2D eigenvalue weighted by Crippen LogP contribution is -2.28. The number of carbonyl (C=O) groups excluding carboxylic acids is 2. The first-order valence-electron chi connectivity index (χ1n) is 10.9. The Hall–Kier alpha value is -2.44. The largest absolute Gasteiger partial charge is 0.462 e. The van der Waals surface area contributed by atoms with Gasteiger partial charge in [-0.1, -0.05) is 67.7 Å². The summed E-state index contributed by atoms with van der Waals surface area (Å²) < 4.78 is 9.77. The summed E-state index contributed by atoms with van der Waals surface area (Å²) in [6.45, 7) is 2.83. The van der Waals surface area contributed by atoms with Crippen molar-refractivity contribution in [2.45, 2.75) is 71.0 Å². The number of aliphatic hydroxyl groups is 2. The second-order valence-electron chi connectivity index (χ2n) is 6.90. The van der Waals surface area contributed by atoms with Crippen LogP contribution in [0, 0.1) is 0 Å². The lowest BCUT2D eigenvalue weighted by molar-refractivity contribution is -0.160. The molecule has 0 aliphatic carbocycles. The minimum Gasteiger partial charge on any atom is -0.462 e. The van der Waals surface area contributed by atoms with E-state index in [1.165, 1.54) is 6.92 Å². The Labute approximate surface area is 186 Å². The lowest BCUT2D eigenvalue weighted by Gasteiger charge is -2.14. The van der Waals surface area contributed by atoms with Gasteiger partial charge in [0.05, 0.1) is 12.7 Å². The molecule has 2 N–H and O–H groups in total. The molecule has 1 unspecified atom stereocenters. The van der Waals surface area contributed by atoms with E-state index in [1.54, 1.807) is 6.08 Å². The molecule has 0 aromatic carbocycles. The number of ether oxygens (including phenoxy) is 2. The van der Waals surface area contributed by atoms with Gasteiger partial charge in [0.15, 0.2) is 6.10 Å². The van der Waals surface area contributed by atoms with E-state index in [2.05, 4.69) is 25.2 Å². The maximum atomic E-state index is 11.7. The minimum atomic E-state index is -0.817. The number of allylic oxidation sites excluding steroid dienone is 8. The van der Waals surface area contributed by atoms with E-state index in [0.29, 0.717) is 12.8 Å². The molecule has 0 aliphatic rings. The normalized spacial score (nSPS) is 14.3. The number of hydrogen-bond acceptors (Lipinski definition) is 6. The molecule has 0 aromatic heterocycles.